The summed E-state index contributed by atoms with van der Waals surface area (Å²) < 4.78 is 13.0. The van der Waals surface area contributed by atoms with Crippen molar-refractivity contribution in [2.45, 2.75) is 13.3 Å². The van der Waals surface area contributed by atoms with Crippen molar-refractivity contribution in [3.8, 4) is 0 Å². The molecule has 1 aromatic carbocycles. The van der Waals surface area contributed by atoms with Gasteiger partial charge in [0.2, 0.25) is 0 Å². The van der Waals surface area contributed by atoms with E-state index in [1.54, 1.807) is 12.1 Å². The molecule has 15 heavy (non-hydrogen) atoms. The first-order valence-electron chi connectivity index (χ1n) is 5.06. The summed E-state index contributed by atoms with van der Waals surface area (Å²) in [4.78, 5) is 0. The van der Waals surface area contributed by atoms with Gasteiger partial charge in [-0.05, 0) is 30.7 Å². The molecule has 1 nitrogen and oxygen atoms in total. The highest BCUT2D eigenvalue weighted by Crippen LogP contribution is 2.16. The summed E-state index contributed by atoms with van der Waals surface area (Å²) in [6.07, 6.45) is 4.96. The van der Waals surface area contributed by atoms with Gasteiger partial charge in [-0.15, -0.1) is 0 Å². The van der Waals surface area contributed by atoms with E-state index >= 15 is 0 Å². The first kappa shape index (κ1) is 12.2. The van der Waals surface area contributed by atoms with E-state index in [0.717, 1.165) is 25.1 Å². The van der Waals surface area contributed by atoms with Crippen LogP contribution in [0.1, 0.15) is 18.9 Å². The Morgan fingerprint density at radius 3 is 2.93 bits per heavy atom. The van der Waals surface area contributed by atoms with Gasteiger partial charge in [-0.2, -0.15) is 0 Å². The second kappa shape index (κ2) is 6.59. The topological polar surface area (TPSA) is 12.0 Å². The van der Waals surface area contributed by atoms with Gasteiger partial charge >= 0.3 is 0 Å². The lowest BCUT2D eigenvalue weighted by Gasteiger charge is -1.98. The van der Waals surface area contributed by atoms with Gasteiger partial charge in [0.1, 0.15) is 5.82 Å². The van der Waals surface area contributed by atoms with Crippen molar-refractivity contribution < 1.29 is 4.39 Å². The van der Waals surface area contributed by atoms with E-state index in [2.05, 4.69) is 12.2 Å². The summed E-state index contributed by atoms with van der Waals surface area (Å²) in [6.45, 7) is 3.92. The minimum Gasteiger partial charge on any atom is -0.313 e. The quantitative estimate of drug-likeness (QED) is 0.760. The molecule has 0 bridgehead atoms. The minimum atomic E-state index is -0.375. The molecule has 0 saturated heterocycles. The van der Waals surface area contributed by atoms with Crippen LogP contribution in [0.3, 0.4) is 0 Å². The molecule has 0 radical (unpaired) electrons. The van der Waals surface area contributed by atoms with Crippen LogP contribution < -0.4 is 5.32 Å². The van der Waals surface area contributed by atoms with Crippen LogP contribution in [-0.4, -0.2) is 13.1 Å². The predicted molar refractivity (Wildman–Crippen MR) is 63.6 cm³/mol. The average molecular weight is 228 g/mol. The SMILES string of the molecule is CCCNCC=Cc1ccc(Cl)c(F)c1. The third-order valence-corrected chi connectivity index (χ3v) is 2.25. The normalized spacial score (nSPS) is 11.1. The van der Waals surface area contributed by atoms with Crippen LogP contribution in [0.2, 0.25) is 5.02 Å². The zero-order valence-electron chi connectivity index (χ0n) is 8.76. The lowest BCUT2D eigenvalue weighted by Crippen LogP contribution is -2.13. The molecule has 1 N–H and O–H groups in total. The van der Waals surface area contributed by atoms with Crippen molar-refractivity contribution in [2.24, 2.45) is 0 Å². The van der Waals surface area contributed by atoms with Gasteiger partial charge in [0.05, 0.1) is 5.02 Å². The van der Waals surface area contributed by atoms with Crippen LogP contribution in [0.25, 0.3) is 6.08 Å². The van der Waals surface area contributed by atoms with Crippen LogP contribution in [0.4, 0.5) is 4.39 Å². The van der Waals surface area contributed by atoms with Gasteiger partial charge < -0.3 is 5.32 Å². The summed E-state index contributed by atoms with van der Waals surface area (Å²) in [6, 6.07) is 4.79. The predicted octanol–water partition coefficient (Wildman–Crippen LogP) is 3.49. The molecule has 0 aliphatic heterocycles. The summed E-state index contributed by atoms with van der Waals surface area (Å²) in [5, 5.41) is 3.39. The summed E-state index contributed by atoms with van der Waals surface area (Å²) in [5.74, 6) is -0.375. The van der Waals surface area contributed by atoms with Gasteiger partial charge in [-0.25, -0.2) is 4.39 Å². The minimum absolute atomic E-state index is 0.163. The number of rotatable bonds is 5. The molecule has 0 saturated carbocycles. The van der Waals surface area contributed by atoms with E-state index in [1.165, 1.54) is 6.07 Å². The van der Waals surface area contributed by atoms with Crippen LogP contribution >= 0.6 is 11.6 Å². The molecule has 0 heterocycles. The van der Waals surface area contributed by atoms with Crippen molar-refractivity contribution >= 4 is 17.7 Å². The van der Waals surface area contributed by atoms with Crippen LogP contribution in [0, 0.1) is 5.82 Å². The van der Waals surface area contributed by atoms with Gasteiger partial charge in [0.25, 0.3) is 0 Å². The van der Waals surface area contributed by atoms with E-state index in [1.807, 2.05) is 12.2 Å². The molecule has 1 aromatic rings. The van der Waals surface area contributed by atoms with Crippen molar-refractivity contribution in [3.63, 3.8) is 0 Å². The molecule has 0 atom stereocenters. The fraction of sp³-hybridized carbons (Fsp3) is 0.333. The summed E-state index contributed by atoms with van der Waals surface area (Å²) in [5.41, 5.74) is 0.829. The lowest BCUT2D eigenvalue weighted by molar-refractivity contribution is 0.628. The molecule has 0 amide bonds. The molecule has 82 valence electrons. The molecule has 0 fully saturated rings. The third kappa shape index (κ3) is 4.45. The molecule has 0 spiro atoms. The fourth-order valence-corrected chi connectivity index (χ4v) is 1.29. The molecule has 1 rings (SSSR count). The fourth-order valence-electron chi connectivity index (χ4n) is 1.17. The first-order valence-corrected chi connectivity index (χ1v) is 5.44. The summed E-state index contributed by atoms with van der Waals surface area (Å²) >= 11 is 5.57. The monoisotopic (exact) mass is 227 g/mol. The molecule has 3 heteroatoms. The number of benzene rings is 1. The Hall–Kier alpha value is -0.860. The maximum atomic E-state index is 13.0. The van der Waals surface area contributed by atoms with Crippen LogP contribution in [-0.2, 0) is 0 Å². The highest BCUT2D eigenvalue weighted by Gasteiger charge is 1.97. The summed E-state index contributed by atoms with van der Waals surface area (Å²) in [7, 11) is 0. The maximum Gasteiger partial charge on any atom is 0.142 e. The van der Waals surface area contributed by atoms with E-state index in [-0.39, 0.29) is 10.8 Å². The molecule has 0 aliphatic rings. The number of halogens is 2. The van der Waals surface area contributed by atoms with E-state index < -0.39 is 0 Å². The van der Waals surface area contributed by atoms with Crippen LogP contribution in [0.5, 0.6) is 0 Å². The highest BCUT2D eigenvalue weighted by molar-refractivity contribution is 6.30. The zero-order chi connectivity index (χ0) is 11.1. The Kier molecular flexibility index (Phi) is 5.37. The lowest BCUT2D eigenvalue weighted by atomic mass is 10.2. The Bertz CT molecular complexity index is 336. The second-order valence-corrected chi connectivity index (χ2v) is 3.69. The second-order valence-electron chi connectivity index (χ2n) is 3.28. The van der Waals surface area contributed by atoms with Gasteiger partial charge in [0.15, 0.2) is 0 Å². The van der Waals surface area contributed by atoms with E-state index in [9.17, 15) is 4.39 Å². The Morgan fingerprint density at radius 2 is 2.27 bits per heavy atom. The van der Waals surface area contributed by atoms with Gasteiger partial charge in [-0.1, -0.05) is 36.7 Å². The molecular weight excluding hydrogens is 213 g/mol. The first-order chi connectivity index (χ1) is 7.24. The molecular formula is C12H15ClFN. The number of hydrogen-bond donors (Lipinski definition) is 1. The van der Waals surface area contributed by atoms with Crippen molar-refractivity contribution in [1.29, 1.82) is 0 Å². The highest BCUT2D eigenvalue weighted by atomic mass is 35.5. The number of nitrogens with one attached hydrogen (secondary N) is 1. The Balaban J connectivity index is 2.46. The molecule has 0 aliphatic carbocycles. The smallest absolute Gasteiger partial charge is 0.142 e. The number of hydrogen-bond acceptors (Lipinski definition) is 1. The maximum absolute atomic E-state index is 13.0. The zero-order valence-corrected chi connectivity index (χ0v) is 9.52. The van der Waals surface area contributed by atoms with Crippen LogP contribution in [0.15, 0.2) is 24.3 Å². The van der Waals surface area contributed by atoms with Crippen molar-refractivity contribution in [3.05, 3.63) is 40.7 Å². The third-order valence-electron chi connectivity index (χ3n) is 1.94. The standard InChI is InChI=1S/C12H15ClFN/c1-2-7-15-8-3-4-10-5-6-11(13)12(14)9-10/h3-6,9,15H,2,7-8H2,1H3. The van der Waals surface area contributed by atoms with Gasteiger partial charge in [0, 0.05) is 6.54 Å². The van der Waals surface area contributed by atoms with Crippen molar-refractivity contribution in [1.82, 2.24) is 5.32 Å². The van der Waals surface area contributed by atoms with Crippen molar-refractivity contribution in [2.75, 3.05) is 13.1 Å². The van der Waals surface area contributed by atoms with E-state index in [4.69, 9.17) is 11.6 Å². The van der Waals surface area contributed by atoms with E-state index in [0.29, 0.717) is 0 Å². The Labute approximate surface area is 95.0 Å². The molecule has 0 aromatic heterocycles. The van der Waals surface area contributed by atoms with Gasteiger partial charge in [-0.3, -0.25) is 0 Å². The average Bonchev–Trinajstić information content (AvgIpc) is 2.23. The Morgan fingerprint density at radius 1 is 1.47 bits per heavy atom. The molecule has 0 unspecified atom stereocenters. The largest absolute Gasteiger partial charge is 0.313 e.